The van der Waals surface area contributed by atoms with Crippen molar-refractivity contribution in [3.05, 3.63) is 56.7 Å². The Labute approximate surface area is 165 Å². The van der Waals surface area contributed by atoms with Crippen molar-refractivity contribution in [2.45, 2.75) is 12.8 Å². The molecule has 0 aliphatic heterocycles. The molecule has 0 unspecified atom stereocenters. The molecule has 0 saturated heterocycles. The van der Waals surface area contributed by atoms with E-state index in [9.17, 15) is 19.1 Å². The van der Waals surface area contributed by atoms with E-state index in [0.717, 1.165) is 0 Å². The average Bonchev–Trinajstić information content (AvgIpc) is 2.60. The molecule has 0 aromatic heterocycles. The van der Waals surface area contributed by atoms with E-state index in [-0.39, 0.29) is 24.3 Å². The van der Waals surface area contributed by atoms with Crippen molar-refractivity contribution in [2.75, 3.05) is 5.32 Å². The summed E-state index contributed by atoms with van der Waals surface area (Å²) in [5.41, 5.74) is 3.01. The quantitative estimate of drug-likeness (QED) is 0.427. The van der Waals surface area contributed by atoms with Crippen LogP contribution in [0.15, 0.2) is 50.4 Å². The summed E-state index contributed by atoms with van der Waals surface area (Å²) in [6, 6.07) is 9.03. The van der Waals surface area contributed by atoms with Gasteiger partial charge in [-0.15, -0.1) is 0 Å². The highest BCUT2D eigenvalue weighted by Gasteiger charge is 2.09. The minimum Gasteiger partial charge on any atom is -0.506 e. The summed E-state index contributed by atoms with van der Waals surface area (Å²) in [5, 5.41) is 15.8. The van der Waals surface area contributed by atoms with E-state index < -0.39 is 17.6 Å². The second-order valence-electron chi connectivity index (χ2n) is 5.15. The summed E-state index contributed by atoms with van der Waals surface area (Å²) >= 11 is 6.38. The third-order valence-corrected chi connectivity index (χ3v) is 4.38. The smallest absolute Gasteiger partial charge is 0.240 e. The van der Waals surface area contributed by atoms with Crippen LogP contribution in [-0.2, 0) is 9.59 Å². The first-order valence-electron chi connectivity index (χ1n) is 7.41. The van der Waals surface area contributed by atoms with Gasteiger partial charge in [-0.3, -0.25) is 9.59 Å². The molecular formula is C17H14Br2FN3O3. The number of phenolic OH excluding ortho intramolecular Hbond substituents is 1. The number of nitrogens with one attached hydrogen (secondary N) is 2. The molecule has 2 aromatic rings. The van der Waals surface area contributed by atoms with Crippen LogP contribution in [-0.4, -0.2) is 23.1 Å². The summed E-state index contributed by atoms with van der Waals surface area (Å²) in [6.07, 6.45) is 1.19. The maximum Gasteiger partial charge on any atom is 0.240 e. The Morgan fingerprint density at radius 1 is 1.12 bits per heavy atom. The molecule has 26 heavy (non-hydrogen) atoms. The normalized spacial score (nSPS) is 10.7. The number of halogens is 3. The highest BCUT2D eigenvalue weighted by Crippen LogP contribution is 2.32. The zero-order chi connectivity index (χ0) is 19.1. The molecule has 136 valence electrons. The van der Waals surface area contributed by atoms with Gasteiger partial charge >= 0.3 is 0 Å². The molecular weight excluding hydrogens is 473 g/mol. The minimum atomic E-state index is -0.541. The van der Waals surface area contributed by atoms with Crippen molar-refractivity contribution < 1.29 is 19.1 Å². The van der Waals surface area contributed by atoms with Crippen LogP contribution in [0.1, 0.15) is 18.4 Å². The maximum absolute atomic E-state index is 13.4. The lowest BCUT2D eigenvalue weighted by Crippen LogP contribution is -2.20. The Kier molecular flexibility index (Phi) is 7.28. The molecule has 2 amide bonds. The third-order valence-electron chi connectivity index (χ3n) is 3.17. The second kappa shape index (κ2) is 9.44. The molecule has 6 nitrogen and oxygen atoms in total. The summed E-state index contributed by atoms with van der Waals surface area (Å²) in [5.74, 6) is -1.41. The fraction of sp³-hybridized carbons (Fsp3) is 0.118. The first kappa shape index (κ1) is 20.1. The summed E-state index contributed by atoms with van der Waals surface area (Å²) < 4.78 is 14.4. The number of benzene rings is 2. The lowest BCUT2D eigenvalue weighted by Gasteiger charge is -2.05. The highest BCUT2D eigenvalue weighted by molar-refractivity contribution is 9.11. The van der Waals surface area contributed by atoms with Gasteiger partial charge in [0.2, 0.25) is 11.8 Å². The van der Waals surface area contributed by atoms with E-state index >= 15 is 0 Å². The van der Waals surface area contributed by atoms with Crippen molar-refractivity contribution in [3.8, 4) is 5.75 Å². The number of rotatable bonds is 6. The van der Waals surface area contributed by atoms with E-state index in [1.165, 1.54) is 24.4 Å². The zero-order valence-electron chi connectivity index (χ0n) is 13.3. The minimum absolute atomic E-state index is 0.0621. The summed E-state index contributed by atoms with van der Waals surface area (Å²) in [7, 11) is 0. The van der Waals surface area contributed by atoms with Crippen LogP contribution < -0.4 is 10.7 Å². The Bertz CT molecular complexity index is 836. The number of carbonyl (C=O) groups excluding carboxylic acids is 2. The first-order valence-corrected chi connectivity index (χ1v) is 8.99. The van der Waals surface area contributed by atoms with Gasteiger partial charge in [0.25, 0.3) is 0 Å². The molecule has 0 atom stereocenters. The van der Waals surface area contributed by atoms with Gasteiger partial charge in [-0.1, -0.05) is 12.1 Å². The summed E-state index contributed by atoms with van der Waals surface area (Å²) in [4.78, 5) is 23.4. The molecule has 0 fully saturated rings. The summed E-state index contributed by atoms with van der Waals surface area (Å²) in [6.45, 7) is 0. The number of carbonyl (C=O) groups is 2. The number of nitrogens with zero attached hydrogens (tertiary/aromatic N) is 1. The van der Waals surface area contributed by atoms with E-state index in [1.54, 1.807) is 18.2 Å². The topological polar surface area (TPSA) is 90.8 Å². The van der Waals surface area contributed by atoms with Gasteiger partial charge < -0.3 is 10.4 Å². The molecule has 0 bridgehead atoms. The van der Waals surface area contributed by atoms with Gasteiger partial charge in [-0.2, -0.15) is 5.10 Å². The number of hydrogen-bond acceptors (Lipinski definition) is 4. The molecule has 2 rings (SSSR count). The van der Waals surface area contributed by atoms with Crippen LogP contribution in [0.25, 0.3) is 0 Å². The third kappa shape index (κ3) is 5.92. The number of phenols is 1. The van der Waals surface area contributed by atoms with Crippen LogP contribution >= 0.6 is 31.9 Å². The standard InChI is InChI=1S/C17H14Br2FN3O3/c18-11-7-10(8-12(19)17(11)26)9-21-23-16(25)6-5-15(24)22-14-4-2-1-3-13(14)20/h1-4,7-9,26H,5-6H2,(H,22,24)(H,23,25)/b21-9+. The second-order valence-corrected chi connectivity index (χ2v) is 6.86. The number of hydrazone groups is 1. The van der Waals surface area contributed by atoms with E-state index in [2.05, 4.69) is 47.7 Å². The number of amides is 2. The number of para-hydroxylation sites is 1. The fourth-order valence-corrected chi connectivity index (χ4v) is 3.12. The lowest BCUT2D eigenvalue weighted by atomic mass is 10.2. The Hall–Kier alpha value is -2.26. The first-order chi connectivity index (χ1) is 12.4. The zero-order valence-corrected chi connectivity index (χ0v) is 16.5. The Morgan fingerprint density at radius 3 is 2.38 bits per heavy atom. The van der Waals surface area contributed by atoms with Gasteiger partial charge in [0.15, 0.2) is 0 Å². The van der Waals surface area contributed by atoms with E-state index in [0.29, 0.717) is 14.5 Å². The van der Waals surface area contributed by atoms with Crippen molar-refractivity contribution in [1.82, 2.24) is 5.43 Å². The number of hydrogen-bond donors (Lipinski definition) is 3. The van der Waals surface area contributed by atoms with E-state index in [1.807, 2.05) is 0 Å². The Morgan fingerprint density at radius 2 is 1.73 bits per heavy atom. The molecule has 3 N–H and O–H groups in total. The average molecular weight is 487 g/mol. The molecule has 0 heterocycles. The van der Waals surface area contributed by atoms with Crippen molar-refractivity contribution in [1.29, 1.82) is 0 Å². The SMILES string of the molecule is O=C(CCC(=O)Nc1ccccc1F)N/N=C/c1cc(Br)c(O)c(Br)c1. The molecule has 2 aromatic carbocycles. The maximum atomic E-state index is 13.4. The number of anilines is 1. The highest BCUT2D eigenvalue weighted by atomic mass is 79.9. The molecule has 0 aliphatic rings. The van der Waals surface area contributed by atoms with Crippen molar-refractivity contribution in [2.24, 2.45) is 5.10 Å². The van der Waals surface area contributed by atoms with Gasteiger partial charge in [0.05, 0.1) is 20.8 Å². The fourth-order valence-electron chi connectivity index (χ4n) is 1.90. The molecule has 0 saturated carbocycles. The van der Waals surface area contributed by atoms with Gasteiger partial charge in [0.1, 0.15) is 11.6 Å². The Balaban J connectivity index is 1.80. The molecule has 0 spiro atoms. The molecule has 0 radical (unpaired) electrons. The molecule has 0 aliphatic carbocycles. The number of aromatic hydroxyl groups is 1. The van der Waals surface area contributed by atoms with Crippen LogP contribution in [0.2, 0.25) is 0 Å². The van der Waals surface area contributed by atoms with Crippen molar-refractivity contribution >= 4 is 55.6 Å². The lowest BCUT2D eigenvalue weighted by molar-refractivity contribution is -0.124. The van der Waals surface area contributed by atoms with Crippen molar-refractivity contribution in [3.63, 3.8) is 0 Å². The van der Waals surface area contributed by atoms with Gasteiger partial charge in [-0.05, 0) is 61.7 Å². The van der Waals surface area contributed by atoms with Crippen LogP contribution in [0, 0.1) is 5.82 Å². The van der Waals surface area contributed by atoms with Gasteiger partial charge in [0, 0.05) is 12.8 Å². The largest absolute Gasteiger partial charge is 0.506 e. The monoisotopic (exact) mass is 485 g/mol. The predicted octanol–water partition coefficient (Wildman–Crippen LogP) is 3.93. The van der Waals surface area contributed by atoms with Crippen LogP contribution in [0.5, 0.6) is 5.75 Å². The molecule has 9 heteroatoms. The van der Waals surface area contributed by atoms with Crippen LogP contribution in [0.4, 0.5) is 10.1 Å². The van der Waals surface area contributed by atoms with E-state index in [4.69, 9.17) is 0 Å². The predicted molar refractivity (Wildman–Crippen MR) is 104 cm³/mol. The van der Waals surface area contributed by atoms with Gasteiger partial charge in [-0.25, -0.2) is 9.82 Å². The van der Waals surface area contributed by atoms with Crippen LogP contribution in [0.3, 0.4) is 0 Å².